The molecule has 0 amide bonds. The van der Waals surface area contributed by atoms with Crippen molar-refractivity contribution in [3.05, 3.63) is 47.5 Å². The van der Waals surface area contributed by atoms with Crippen LogP contribution in [-0.2, 0) is 18.5 Å². The van der Waals surface area contributed by atoms with Crippen LogP contribution in [0.25, 0.3) is 0 Å². The highest BCUT2D eigenvalue weighted by Gasteiger charge is 2.25. The van der Waals surface area contributed by atoms with Gasteiger partial charge in [-0.25, -0.2) is 9.67 Å². The molecule has 20 heavy (non-hydrogen) atoms. The Morgan fingerprint density at radius 3 is 2.65 bits per heavy atom. The van der Waals surface area contributed by atoms with Gasteiger partial charge in [0.2, 0.25) is 0 Å². The van der Waals surface area contributed by atoms with Crippen molar-refractivity contribution in [2.24, 2.45) is 11.7 Å². The lowest BCUT2D eigenvalue weighted by molar-refractivity contribution is 0.421. The Morgan fingerprint density at radius 2 is 2.00 bits per heavy atom. The molecule has 0 aliphatic heterocycles. The molecule has 4 heteroatoms. The number of benzene rings is 1. The zero-order chi connectivity index (χ0) is 14.8. The van der Waals surface area contributed by atoms with Gasteiger partial charge >= 0.3 is 0 Å². The number of nitrogens with two attached hydrogens (primary N) is 1. The minimum absolute atomic E-state index is 0.437. The largest absolute Gasteiger partial charge is 0.321 e. The molecule has 0 saturated heterocycles. The lowest BCUT2D eigenvalue weighted by atomic mass is 9.86. The Hall–Kier alpha value is -1.68. The third-order valence-electron chi connectivity index (χ3n) is 3.52. The van der Waals surface area contributed by atoms with Gasteiger partial charge in [0.25, 0.3) is 0 Å². The fraction of sp³-hybridized carbons (Fsp3) is 0.500. The molecule has 1 unspecified atom stereocenters. The van der Waals surface area contributed by atoms with E-state index >= 15 is 0 Å². The van der Waals surface area contributed by atoms with Gasteiger partial charge in [0, 0.05) is 18.5 Å². The van der Waals surface area contributed by atoms with E-state index in [1.807, 2.05) is 16.8 Å². The van der Waals surface area contributed by atoms with Gasteiger partial charge in [-0.05, 0) is 30.9 Å². The zero-order valence-corrected chi connectivity index (χ0v) is 12.8. The standard InChI is InChI=1S/C16H24N4/c1-12(2)10-20-15(18-11-19-20)9-16(4,17)14-8-6-5-7-13(14)3/h5-8,11-12H,9-10,17H2,1-4H3. The third-order valence-corrected chi connectivity index (χ3v) is 3.52. The maximum atomic E-state index is 6.55. The predicted octanol–water partition coefficient (Wildman–Crippen LogP) is 2.66. The van der Waals surface area contributed by atoms with Crippen molar-refractivity contribution in [3.8, 4) is 0 Å². The number of aryl methyl sites for hydroxylation is 1. The van der Waals surface area contributed by atoms with Gasteiger partial charge in [0.1, 0.15) is 12.2 Å². The SMILES string of the molecule is Cc1ccccc1C(C)(N)Cc1ncnn1CC(C)C. The highest BCUT2D eigenvalue weighted by Crippen LogP contribution is 2.25. The highest BCUT2D eigenvalue weighted by atomic mass is 15.3. The summed E-state index contributed by atoms with van der Waals surface area (Å²) in [6, 6.07) is 8.26. The minimum atomic E-state index is -0.437. The molecule has 0 radical (unpaired) electrons. The molecule has 1 aromatic carbocycles. The summed E-state index contributed by atoms with van der Waals surface area (Å²) in [7, 11) is 0. The maximum Gasteiger partial charge on any atom is 0.138 e. The number of hydrogen-bond acceptors (Lipinski definition) is 3. The van der Waals surface area contributed by atoms with Gasteiger partial charge < -0.3 is 5.73 Å². The van der Waals surface area contributed by atoms with E-state index in [-0.39, 0.29) is 0 Å². The third kappa shape index (κ3) is 3.25. The van der Waals surface area contributed by atoms with E-state index in [0.29, 0.717) is 12.3 Å². The summed E-state index contributed by atoms with van der Waals surface area (Å²) < 4.78 is 1.97. The molecule has 1 heterocycles. The van der Waals surface area contributed by atoms with Crippen molar-refractivity contribution in [3.63, 3.8) is 0 Å². The van der Waals surface area contributed by atoms with Gasteiger partial charge in [-0.15, -0.1) is 0 Å². The van der Waals surface area contributed by atoms with Gasteiger partial charge in [-0.3, -0.25) is 0 Å². The van der Waals surface area contributed by atoms with Gasteiger partial charge in [-0.1, -0.05) is 38.1 Å². The fourth-order valence-corrected chi connectivity index (χ4v) is 2.56. The van der Waals surface area contributed by atoms with E-state index in [9.17, 15) is 0 Å². The molecule has 0 aliphatic carbocycles. The van der Waals surface area contributed by atoms with E-state index in [1.54, 1.807) is 6.33 Å². The predicted molar refractivity (Wildman–Crippen MR) is 81.3 cm³/mol. The first-order valence-electron chi connectivity index (χ1n) is 7.12. The molecule has 1 aromatic heterocycles. The van der Waals surface area contributed by atoms with E-state index in [0.717, 1.165) is 12.4 Å². The van der Waals surface area contributed by atoms with E-state index in [2.05, 4.69) is 49.9 Å². The summed E-state index contributed by atoms with van der Waals surface area (Å²) in [5, 5.41) is 4.31. The van der Waals surface area contributed by atoms with Gasteiger partial charge in [0.15, 0.2) is 0 Å². The molecule has 2 N–H and O–H groups in total. The molecule has 0 saturated carbocycles. The Kier molecular flexibility index (Phi) is 4.23. The van der Waals surface area contributed by atoms with Gasteiger partial charge in [-0.2, -0.15) is 5.10 Å². The number of nitrogens with zero attached hydrogens (tertiary/aromatic N) is 3. The lowest BCUT2D eigenvalue weighted by Gasteiger charge is -2.27. The van der Waals surface area contributed by atoms with Crippen LogP contribution in [0.5, 0.6) is 0 Å². The molecular weight excluding hydrogens is 248 g/mol. The summed E-state index contributed by atoms with van der Waals surface area (Å²) in [6.45, 7) is 9.38. The fourth-order valence-electron chi connectivity index (χ4n) is 2.56. The van der Waals surface area contributed by atoms with Crippen LogP contribution < -0.4 is 5.73 Å². The van der Waals surface area contributed by atoms with Crippen LogP contribution in [0, 0.1) is 12.8 Å². The minimum Gasteiger partial charge on any atom is -0.321 e. The zero-order valence-electron chi connectivity index (χ0n) is 12.8. The molecular formula is C16H24N4. The summed E-state index contributed by atoms with van der Waals surface area (Å²) in [5.41, 5.74) is 8.49. The van der Waals surface area contributed by atoms with Crippen LogP contribution >= 0.6 is 0 Å². The average Bonchev–Trinajstić information content (AvgIpc) is 2.75. The average molecular weight is 272 g/mol. The summed E-state index contributed by atoms with van der Waals surface area (Å²) >= 11 is 0. The normalized spacial score (nSPS) is 14.5. The van der Waals surface area contributed by atoms with Crippen molar-refractivity contribution >= 4 is 0 Å². The lowest BCUT2D eigenvalue weighted by Crippen LogP contribution is -2.37. The first-order chi connectivity index (χ1) is 9.40. The molecule has 0 spiro atoms. The quantitative estimate of drug-likeness (QED) is 0.910. The molecule has 4 nitrogen and oxygen atoms in total. The van der Waals surface area contributed by atoms with Crippen LogP contribution in [0.2, 0.25) is 0 Å². The smallest absolute Gasteiger partial charge is 0.138 e. The molecule has 0 aliphatic rings. The van der Waals surface area contributed by atoms with Crippen molar-refractivity contribution in [1.29, 1.82) is 0 Å². The second-order valence-electron chi connectivity index (χ2n) is 6.16. The van der Waals surface area contributed by atoms with Crippen LogP contribution in [0.4, 0.5) is 0 Å². The second-order valence-corrected chi connectivity index (χ2v) is 6.16. The molecule has 0 fully saturated rings. The number of rotatable bonds is 5. The molecule has 108 valence electrons. The van der Waals surface area contributed by atoms with Crippen molar-refractivity contribution in [2.75, 3.05) is 0 Å². The van der Waals surface area contributed by atoms with Crippen molar-refractivity contribution in [2.45, 2.75) is 46.2 Å². The second kappa shape index (κ2) is 5.75. The molecule has 2 rings (SSSR count). The van der Waals surface area contributed by atoms with E-state index in [4.69, 9.17) is 5.73 Å². The van der Waals surface area contributed by atoms with Crippen molar-refractivity contribution in [1.82, 2.24) is 14.8 Å². The number of hydrogen-bond donors (Lipinski definition) is 1. The highest BCUT2D eigenvalue weighted by molar-refractivity contribution is 5.32. The first-order valence-corrected chi connectivity index (χ1v) is 7.12. The Morgan fingerprint density at radius 1 is 1.30 bits per heavy atom. The van der Waals surface area contributed by atoms with Crippen LogP contribution in [0.1, 0.15) is 37.7 Å². The van der Waals surface area contributed by atoms with Crippen LogP contribution in [0.3, 0.4) is 0 Å². The maximum absolute atomic E-state index is 6.55. The summed E-state index contributed by atoms with van der Waals surface area (Å²) in [4.78, 5) is 4.38. The Balaban J connectivity index is 2.25. The summed E-state index contributed by atoms with van der Waals surface area (Å²) in [5.74, 6) is 1.49. The molecule has 1 atom stereocenters. The van der Waals surface area contributed by atoms with Gasteiger partial charge in [0.05, 0.1) is 0 Å². The van der Waals surface area contributed by atoms with Crippen LogP contribution in [0.15, 0.2) is 30.6 Å². The topological polar surface area (TPSA) is 56.7 Å². The summed E-state index contributed by atoms with van der Waals surface area (Å²) in [6.07, 6.45) is 2.30. The first kappa shape index (κ1) is 14.7. The number of aromatic nitrogens is 3. The Labute approximate surface area is 121 Å². The van der Waals surface area contributed by atoms with Crippen LogP contribution in [-0.4, -0.2) is 14.8 Å². The van der Waals surface area contributed by atoms with Crippen molar-refractivity contribution < 1.29 is 0 Å². The monoisotopic (exact) mass is 272 g/mol. The molecule has 2 aromatic rings. The van der Waals surface area contributed by atoms with E-state index < -0.39 is 5.54 Å². The molecule has 0 bridgehead atoms. The Bertz CT molecular complexity index is 569. The van der Waals surface area contributed by atoms with E-state index in [1.165, 1.54) is 11.1 Å².